The molecular formula is C17H16FN5O2. The number of amides is 1. The molecule has 25 heavy (non-hydrogen) atoms. The van der Waals surface area contributed by atoms with Gasteiger partial charge in [0, 0.05) is 17.7 Å². The number of anilines is 1. The molecule has 1 aromatic heterocycles. The topological polar surface area (TPSA) is 81.9 Å². The van der Waals surface area contributed by atoms with E-state index in [9.17, 15) is 9.18 Å². The molecule has 0 saturated carbocycles. The molecule has 0 spiro atoms. The fourth-order valence-electron chi connectivity index (χ4n) is 2.15. The predicted molar refractivity (Wildman–Crippen MR) is 89.5 cm³/mol. The molecule has 0 unspecified atom stereocenters. The van der Waals surface area contributed by atoms with Gasteiger partial charge in [0.25, 0.3) is 0 Å². The third-order valence-corrected chi connectivity index (χ3v) is 3.47. The average Bonchev–Trinajstić information content (AvgIpc) is 3.11. The van der Waals surface area contributed by atoms with Crippen molar-refractivity contribution in [1.29, 1.82) is 0 Å². The molecule has 1 heterocycles. The van der Waals surface area contributed by atoms with Gasteiger partial charge in [0.2, 0.25) is 11.7 Å². The van der Waals surface area contributed by atoms with Crippen molar-refractivity contribution in [2.45, 2.75) is 13.0 Å². The zero-order valence-electron chi connectivity index (χ0n) is 13.5. The average molecular weight is 341 g/mol. The summed E-state index contributed by atoms with van der Waals surface area (Å²) < 4.78 is 17.9. The Labute approximate surface area is 143 Å². The highest BCUT2D eigenvalue weighted by Gasteiger charge is 2.08. The van der Waals surface area contributed by atoms with E-state index in [4.69, 9.17) is 4.74 Å². The second-order valence-electron chi connectivity index (χ2n) is 5.24. The van der Waals surface area contributed by atoms with Crippen molar-refractivity contribution in [3.05, 3.63) is 54.3 Å². The number of nitrogens with one attached hydrogen (secondary N) is 1. The van der Waals surface area contributed by atoms with Gasteiger partial charge in [-0.2, -0.15) is 4.80 Å². The summed E-state index contributed by atoms with van der Waals surface area (Å²) >= 11 is 0. The van der Waals surface area contributed by atoms with E-state index in [0.29, 0.717) is 11.5 Å². The maximum atomic E-state index is 12.8. The van der Waals surface area contributed by atoms with E-state index in [1.807, 2.05) is 24.3 Å². The first-order valence-corrected chi connectivity index (χ1v) is 7.62. The summed E-state index contributed by atoms with van der Waals surface area (Å²) in [5.74, 6) is 0.654. The van der Waals surface area contributed by atoms with Crippen molar-refractivity contribution in [2.75, 3.05) is 12.4 Å². The summed E-state index contributed by atoms with van der Waals surface area (Å²) in [6, 6.07) is 12.9. The van der Waals surface area contributed by atoms with Gasteiger partial charge in [-0.3, -0.25) is 4.79 Å². The first-order valence-electron chi connectivity index (χ1n) is 7.62. The SMILES string of the molecule is COc1ccc(-c2nnn(CCC(=O)Nc3ccc(F)cc3)n2)cc1. The van der Waals surface area contributed by atoms with E-state index >= 15 is 0 Å². The molecule has 0 fully saturated rings. The summed E-state index contributed by atoms with van der Waals surface area (Å²) in [6.45, 7) is 0.288. The molecule has 3 rings (SSSR count). The molecule has 0 atom stereocenters. The number of hydrogen-bond donors (Lipinski definition) is 1. The van der Waals surface area contributed by atoms with Crippen LogP contribution in [0.1, 0.15) is 6.42 Å². The number of aryl methyl sites for hydroxylation is 1. The third kappa shape index (κ3) is 4.37. The molecule has 0 aliphatic heterocycles. The van der Waals surface area contributed by atoms with Crippen LogP contribution >= 0.6 is 0 Å². The van der Waals surface area contributed by atoms with Crippen molar-refractivity contribution >= 4 is 11.6 Å². The first kappa shape index (κ1) is 16.6. The second-order valence-corrected chi connectivity index (χ2v) is 5.24. The van der Waals surface area contributed by atoms with Crippen LogP contribution in [-0.4, -0.2) is 33.2 Å². The monoisotopic (exact) mass is 341 g/mol. The van der Waals surface area contributed by atoms with E-state index in [1.165, 1.54) is 29.1 Å². The molecule has 0 aliphatic rings. The normalized spacial score (nSPS) is 10.5. The van der Waals surface area contributed by atoms with Gasteiger partial charge >= 0.3 is 0 Å². The summed E-state index contributed by atoms with van der Waals surface area (Å²) in [6.07, 6.45) is 0.176. The Kier molecular flexibility index (Phi) is 4.98. The van der Waals surface area contributed by atoms with Crippen molar-refractivity contribution in [1.82, 2.24) is 20.2 Å². The van der Waals surface area contributed by atoms with E-state index in [-0.39, 0.29) is 24.7 Å². The molecular weight excluding hydrogens is 325 g/mol. The summed E-state index contributed by atoms with van der Waals surface area (Å²) in [5, 5.41) is 14.9. The maximum absolute atomic E-state index is 12.8. The summed E-state index contributed by atoms with van der Waals surface area (Å²) in [5.41, 5.74) is 1.35. The first-order chi connectivity index (χ1) is 12.1. The van der Waals surface area contributed by atoms with Gasteiger partial charge < -0.3 is 10.1 Å². The molecule has 0 saturated heterocycles. The Morgan fingerprint density at radius 2 is 1.88 bits per heavy atom. The number of carbonyl (C=O) groups is 1. The fourth-order valence-corrected chi connectivity index (χ4v) is 2.15. The Morgan fingerprint density at radius 1 is 1.16 bits per heavy atom. The molecule has 3 aromatic rings. The van der Waals surface area contributed by atoms with Crippen LogP contribution < -0.4 is 10.1 Å². The van der Waals surface area contributed by atoms with Crippen LogP contribution in [0.5, 0.6) is 5.75 Å². The number of halogens is 1. The number of benzene rings is 2. The zero-order valence-corrected chi connectivity index (χ0v) is 13.5. The number of hydrogen-bond acceptors (Lipinski definition) is 5. The van der Waals surface area contributed by atoms with Gasteiger partial charge in [0.1, 0.15) is 11.6 Å². The number of ether oxygens (including phenoxy) is 1. The number of rotatable bonds is 6. The van der Waals surface area contributed by atoms with Gasteiger partial charge in [-0.15, -0.1) is 10.2 Å². The molecule has 0 radical (unpaired) electrons. The highest BCUT2D eigenvalue weighted by molar-refractivity contribution is 5.90. The van der Waals surface area contributed by atoms with Gasteiger partial charge in [-0.1, -0.05) is 0 Å². The summed E-state index contributed by atoms with van der Waals surface area (Å²) in [7, 11) is 1.60. The van der Waals surface area contributed by atoms with Crippen molar-refractivity contribution < 1.29 is 13.9 Å². The van der Waals surface area contributed by atoms with Gasteiger partial charge in [0.15, 0.2) is 0 Å². The quantitative estimate of drug-likeness (QED) is 0.745. The highest BCUT2D eigenvalue weighted by Crippen LogP contribution is 2.18. The fraction of sp³-hybridized carbons (Fsp3) is 0.176. The Morgan fingerprint density at radius 3 is 2.56 bits per heavy atom. The molecule has 0 bridgehead atoms. The van der Waals surface area contributed by atoms with E-state index in [2.05, 4.69) is 20.7 Å². The lowest BCUT2D eigenvalue weighted by Gasteiger charge is -2.04. The number of tetrazole rings is 1. The number of nitrogens with zero attached hydrogens (tertiary/aromatic N) is 4. The van der Waals surface area contributed by atoms with Gasteiger partial charge in [0.05, 0.1) is 13.7 Å². The predicted octanol–water partition coefficient (Wildman–Crippen LogP) is 2.52. The maximum Gasteiger partial charge on any atom is 0.226 e. The number of aromatic nitrogens is 4. The highest BCUT2D eigenvalue weighted by atomic mass is 19.1. The minimum absolute atomic E-state index is 0.176. The molecule has 1 amide bonds. The third-order valence-electron chi connectivity index (χ3n) is 3.47. The van der Waals surface area contributed by atoms with Crippen LogP contribution in [0.15, 0.2) is 48.5 Å². The minimum atomic E-state index is -0.351. The van der Waals surface area contributed by atoms with Gasteiger partial charge in [-0.05, 0) is 53.7 Å². The summed E-state index contributed by atoms with van der Waals surface area (Å²) in [4.78, 5) is 13.3. The van der Waals surface area contributed by atoms with Crippen LogP contribution in [0.25, 0.3) is 11.4 Å². The molecule has 128 valence electrons. The Balaban J connectivity index is 1.55. The van der Waals surface area contributed by atoms with Crippen molar-refractivity contribution in [3.63, 3.8) is 0 Å². The number of methoxy groups -OCH3 is 1. The number of carbonyl (C=O) groups excluding carboxylic acids is 1. The molecule has 1 N–H and O–H groups in total. The van der Waals surface area contributed by atoms with Crippen LogP contribution in [0, 0.1) is 5.82 Å². The second kappa shape index (κ2) is 7.52. The molecule has 7 nitrogen and oxygen atoms in total. The largest absolute Gasteiger partial charge is 0.497 e. The lowest BCUT2D eigenvalue weighted by atomic mass is 10.2. The standard InChI is InChI=1S/C17H16FN5O2/c1-25-15-8-2-12(3-9-15)17-20-22-23(21-17)11-10-16(24)19-14-6-4-13(18)5-7-14/h2-9H,10-11H2,1H3,(H,19,24). The van der Waals surface area contributed by atoms with Crippen LogP contribution in [0.2, 0.25) is 0 Å². The lowest BCUT2D eigenvalue weighted by Crippen LogP contribution is -2.15. The minimum Gasteiger partial charge on any atom is -0.497 e. The lowest BCUT2D eigenvalue weighted by molar-refractivity contribution is -0.116. The van der Waals surface area contributed by atoms with E-state index < -0.39 is 0 Å². The van der Waals surface area contributed by atoms with E-state index in [0.717, 1.165) is 11.3 Å². The molecule has 0 aliphatic carbocycles. The Bertz CT molecular complexity index is 846. The van der Waals surface area contributed by atoms with Crippen LogP contribution in [0.3, 0.4) is 0 Å². The molecule has 2 aromatic carbocycles. The van der Waals surface area contributed by atoms with E-state index in [1.54, 1.807) is 7.11 Å². The van der Waals surface area contributed by atoms with Crippen molar-refractivity contribution in [3.8, 4) is 17.1 Å². The van der Waals surface area contributed by atoms with Gasteiger partial charge in [-0.25, -0.2) is 4.39 Å². The Hall–Kier alpha value is -3.29. The van der Waals surface area contributed by atoms with Crippen LogP contribution in [0.4, 0.5) is 10.1 Å². The molecule has 8 heteroatoms. The zero-order chi connectivity index (χ0) is 17.6. The smallest absolute Gasteiger partial charge is 0.226 e. The van der Waals surface area contributed by atoms with Crippen molar-refractivity contribution in [2.24, 2.45) is 0 Å². The van der Waals surface area contributed by atoms with Crippen LogP contribution in [-0.2, 0) is 11.3 Å².